The molecule has 1 aromatic rings. The number of aromatic hydroxyl groups is 1. The summed E-state index contributed by atoms with van der Waals surface area (Å²) < 4.78 is 0. The fraction of sp³-hybridized carbons (Fsp3) is 0.667. The average molecular weight is 289 g/mol. The molecular formula is C18H27NO2. The van der Waals surface area contributed by atoms with Gasteiger partial charge >= 0.3 is 0 Å². The highest BCUT2D eigenvalue weighted by Gasteiger charge is 2.32. The highest BCUT2D eigenvalue weighted by Crippen LogP contribution is 2.46. The van der Waals surface area contributed by atoms with Crippen LogP contribution in [0.2, 0.25) is 0 Å². The number of rotatable bonds is 3. The SMILES string of the molecule is Cc1ccc(O)c2c1C(C)CC2NCC1CCCC(O)C1. The molecule has 0 saturated heterocycles. The number of hydrogen-bond acceptors (Lipinski definition) is 3. The fourth-order valence-corrected chi connectivity index (χ4v) is 4.29. The van der Waals surface area contributed by atoms with Crippen LogP contribution in [0.3, 0.4) is 0 Å². The molecule has 0 radical (unpaired) electrons. The van der Waals surface area contributed by atoms with Gasteiger partial charge in [0.25, 0.3) is 0 Å². The molecule has 3 N–H and O–H groups in total. The van der Waals surface area contributed by atoms with Crippen molar-refractivity contribution in [2.24, 2.45) is 5.92 Å². The summed E-state index contributed by atoms with van der Waals surface area (Å²) in [6.45, 7) is 5.33. The first kappa shape index (κ1) is 14.9. The molecule has 4 unspecified atom stereocenters. The van der Waals surface area contributed by atoms with E-state index in [9.17, 15) is 10.2 Å². The van der Waals surface area contributed by atoms with Gasteiger partial charge in [-0.15, -0.1) is 0 Å². The van der Waals surface area contributed by atoms with Crippen molar-refractivity contribution in [2.45, 2.75) is 64.0 Å². The van der Waals surface area contributed by atoms with Crippen molar-refractivity contribution in [2.75, 3.05) is 6.54 Å². The lowest BCUT2D eigenvalue weighted by Gasteiger charge is -2.27. The van der Waals surface area contributed by atoms with Gasteiger partial charge in [0.2, 0.25) is 0 Å². The van der Waals surface area contributed by atoms with Gasteiger partial charge in [-0.3, -0.25) is 0 Å². The number of fused-ring (bicyclic) bond motifs is 1. The van der Waals surface area contributed by atoms with E-state index in [1.807, 2.05) is 12.1 Å². The van der Waals surface area contributed by atoms with Crippen molar-refractivity contribution >= 4 is 0 Å². The minimum atomic E-state index is -0.115. The van der Waals surface area contributed by atoms with Gasteiger partial charge in [-0.05, 0) is 68.2 Å². The van der Waals surface area contributed by atoms with E-state index in [-0.39, 0.29) is 12.1 Å². The topological polar surface area (TPSA) is 52.5 Å². The van der Waals surface area contributed by atoms with Gasteiger partial charge in [0.05, 0.1) is 6.10 Å². The predicted molar refractivity (Wildman–Crippen MR) is 84.6 cm³/mol. The minimum absolute atomic E-state index is 0.115. The van der Waals surface area contributed by atoms with Crippen LogP contribution in [0.5, 0.6) is 5.75 Å². The smallest absolute Gasteiger partial charge is 0.120 e. The lowest BCUT2D eigenvalue weighted by molar-refractivity contribution is 0.0995. The fourth-order valence-electron chi connectivity index (χ4n) is 4.29. The van der Waals surface area contributed by atoms with Gasteiger partial charge in [0, 0.05) is 11.6 Å². The summed E-state index contributed by atoms with van der Waals surface area (Å²) in [7, 11) is 0. The maximum Gasteiger partial charge on any atom is 0.120 e. The van der Waals surface area contributed by atoms with Crippen molar-refractivity contribution < 1.29 is 10.2 Å². The van der Waals surface area contributed by atoms with Gasteiger partial charge in [-0.25, -0.2) is 0 Å². The summed E-state index contributed by atoms with van der Waals surface area (Å²) in [5.74, 6) is 1.50. The molecule has 0 aromatic heterocycles. The Morgan fingerprint density at radius 1 is 1.19 bits per heavy atom. The molecule has 0 heterocycles. The molecule has 0 spiro atoms. The molecule has 1 saturated carbocycles. The summed E-state index contributed by atoms with van der Waals surface area (Å²) in [5, 5.41) is 23.7. The summed E-state index contributed by atoms with van der Waals surface area (Å²) >= 11 is 0. The molecule has 0 amide bonds. The molecule has 0 aliphatic heterocycles. The Balaban J connectivity index is 1.70. The number of phenolic OH excluding ortho intramolecular Hbond substituents is 1. The zero-order chi connectivity index (χ0) is 15.0. The van der Waals surface area contributed by atoms with E-state index in [4.69, 9.17) is 0 Å². The molecule has 2 aliphatic rings. The van der Waals surface area contributed by atoms with Crippen molar-refractivity contribution in [1.82, 2.24) is 5.32 Å². The second-order valence-corrected chi connectivity index (χ2v) is 7.01. The molecular weight excluding hydrogens is 262 g/mol. The molecule has 116 valence electrons. The van der Waals surface area contributed by atoms with Crippen LogP contribution in [0.25, 0.3) is 0 Å². The molecule has 3 heteroatoms. The first-order valence-corrected chi connectivity index (χ1v) is 8.30. The summed E-state index contributed by atoms with van der Waals surface area (Å²) in [6, 6.07) is 4.10. The number of aliphatic hydroxyl groups is 1. The number of aryl methyl sites for hydroxylation is 1. The Kier molecular flexibility index (Phi) is 4.23. The van der Waals surface area contributed by atoms with E-state index in [2.05, 4.69) is 19.2 Å². The highest BCUT2D eigenvalue weighted by atomic mass is 16.3. The van der Waals surface area contributed by atoms with Crippen LogP contribution in [0, 0.1) is 12.8 Å². The van der Waals surface area contributed by atoms with Crippen molar-refractivity contribution in [1.29, 1.82) is 0 Å². The van der Waals surface area contributed by atoms with Gasteiger partial charge in [0.1, 0.15) is 5.75 Å². The van der Waals surface area contributed by atoms with Crippen LogP contribution in [-0.2, 0) is 0 Å². The number of benzene rings is 1. The second-order valence-electron chi connectivity index (χ2n) is 7.01. The molecule has 2 aliphatic carbocycles. The van der Waals surface area contributed by atoms with Crippen molar-refractivity contribution in [3.63, 3.8) is 0 Å². The molecule has 3 rings (SSSR count). The standard InChI is InChI=1S/C18H27NO2/c1-11-6-7-16(21)18-15(8-12(2)17(11)18)19-10-13-4-3-5-14(20)9-13/h6-7,12-15,19-21H,3-5,8-10H2,1-2H3. The van der Waals surface area contributed by atoms with Crippen molar-refractivity contribution in [3.05, 3.63) is 28.8 Å². The monoisotopic (exact) mass is 289 g/mol. The number of phenols is 1. The predicted octanol–water partition coefficient (Wildman–Crippen LogP) is 3.39. The summed E-state index contributed by atoms with van der Waals surface area (Å²) in [5.41, 5.74) is 3.72. The van der Waals surface area contributed by atoms with Crippen LogP contribution < -0.4 is 5.32 Å². The quantitative estimate of drug-likeness (QED) is 0.799. The Hall–Kier alpha value is -1.06. The van der Waals surface area contributed by atoms with Gasteiger partial charge in [-0.1, -0.05) is 19.4 Å². The molecule has 4 atom stereocenters. The molecule has 0 bridgehead atoms. The highest BCUT2D eigenvalue weighted by molar-refractivity contribution is 5.50. The minimum Gasteiger partial charge on any atom is -0.508 e. The van der Waals surface area contributed by atoms with E-state index < -0.39 is 0 Å². The number of nitrogens with one attached hydrogen (secondary N) is 1. The molecule has 1 fully saturated rings. The van der Waals surface area contributed by atoms with E-state index in [1.165, 1.54) is 17.5 Å². The lowest BCUT2D eigenvalue weighted by Crippen LogP contribution is -2.31. The van der Waals surface area contributed by atoms with E-state index in [1.54, 1.807) is 0 Å². The van der Waals surface area contributed by atoms with Crippen LogP contribution in [-0.4, -0.2) is 22.9 Å². The third kappa shape index (κ3) is 2.95. The van der Waals surface area contributed by atoms with Crippen molar-refractivity contribution in [3.8, 4) is 5.75 Å². The van der Waals surface area contributed by atoms with E-state index in [0.717, 1.165) is 37.8 Å². The summed E-state index contributed by atoms with van der Waals surface area (Å²) in [4.78, 5) is 0. The maximum atomic E-state index is 10.2. The number of hydrogen-bond donors (Lipinski definition) is 3. The molecule has 21 heavy (non-hydrogen) atoms. The van der Waals surface area contributed by atoms with Gasteiger partial charge in [-0.2, -0.15) is 0 Å². The van der Waals surface area contributed by atoms with Crippen LogP contribution in [0.15, 0.2) is 12.1 Å². The molecule has 1 aromatic carbocycles. The third-order valence-corrected chi connectivity index (χ3v) is 5.32. The average Bonchev–Trinajstić information content (AvgIpc) is 2.79. The van der Waals surface area contributed by atoms with Gasteiger partial charge < -0.3 is 15.5 Å². The zero-order valence-electron chi connectivity index (χ0n) is 13.1. The Morgan fingerprint density at radius 3 is 2.76 bits per heavy atom. The largest absolute Gasteiger partial charge is 0.508 e. The first-order chi connectivity index (χ1) is 10.1. The first-order valence-electron chi connectivity index (χ1n) is 8.30. The van der Waals surface area contributed by atoms with E-state index in [0.29, 0.717) is 17.6 Å². The Labute approximate surface area is 127 Å². The summed E-state index contributed by atoms with van der Waals surface area (Å²) in [6.07, 6.45) is 5.16. The van der Waals surface area contributed by atoms with E-state index >= 15 is 0 Å². The zero-order valence-corrected chi connectivity index (χ0v) is 13.1. The van der Waals surface area contributed by atoms with Crippen LogP contribution in [0.1, 0.15) is 67.7 Å². The normalized spacial score (nSPS) is 32.1. The van der Waals surface area contributed by atoms with Crippen LogP contribution >= 0.6 is 0 Å². The second kappa shape index (κ2) is 5.98. The van der Waals surface area contributed by atoms with Gasteiger partial charge in [0.15, 0.2) is 0 Å². The molecule has 3 nitrogen and oxygen atoms in total. The lowest BCUT2D eigenvalue weighted by atomic mass is 9.87. The Morgan fingerprint density at radius 2 is 2.00 bits per heavy atom. The number of aliphatic hydroxyl groups excluding tert-OH is 1. The van der Waals surface area contributed by atoms with Crippen LogP contribution in [0.4, 0.5) is 0 Å². The third-order valence-electron chi connectivity index (χ3n) is 5.32. The maximum absolute atomic E-state index is 10.2. The Bertz CT molecular complexity index is 514.